The van der Waals surface area contributed by atoms with E-state index in [1.54, 1.807) is 0 Å². The first-order valence-corrected chi connectivity index (χ1v) is 20.2. The smallest absolute Gasteiger partial charge is 0.227 e. The standard InChI is InChI=1S/C54H34N4O3/c1-3-14-38(15-4-1)57(40-27-23-35(24-28-40)53-55-45-19-9-11-21-49(45)60-53)42-31-32-48-44(34-42)51-47(33-37-13-7-8-18-43(37)52(51)59-48)58(39-16-5-2-6-17-39)41-29-25-36(26-30-41)54-56-46-20-10-12-22-50(46)61-54/h1-34H. The molecule has 0 spiro atoms. The van der Waals surface area contributed by atoms with Crippen LogP contribution in [0.2, 0.25) is 0 Å². The van der Waals surface area contributed by atoms with Crippen LogP contribution in [0.25, 0.3) is 77.8 Å². The van der Waals surface area contributed by atoms with Gasteiger partial charge in [0.1, 0.15) is 22.2 Å². The van der Waals surface area contributed by atoms with Crippen molar-refractivity contribution in [1.29, 1.82) is 0 Å². The lowest BCUT2D eigenvalue weighted by atomic mass is 10.0. The van der Waals surface area contributed by atoms with Crippen molar-refractivity contribution in [3.8, 4) is 22.9 Å². The van der Waals surface area contributed by atoms with E-state index >= 15 is 0 Å². The molecular weight excluding hydrogens is 753 g/mol. The predicted octanol–water partition coefficient (Wildman–Crippen LogP) is 15.3. The summed E-state index contributed by atoms with van der Waals surface area (Å²) in [5, 5.41) is 4.15. The highest BCUT2D eigenvalue weighted by Gasteiger charge is 2.24. The third-order valence-electron chi connectivity index (χ3n) is 11.3. The third-order valence-corrected chi connectivity index (χ3v) is 11.3. The number of aromatic nitrogens is 2. The predicted molar refractivity (Wildman–Crippen MR) is 247 cm³/mol. The van der Waals surface area contributed by atoms with Gasteiger partial charge in [0.05, 0.1) is 11.1 Å². The van der Waals surface area contributed by atoms with E-state index < -0.39 is 0 Å². The molecule has 12 aromatic rings. The zero-order chi connectivity index (χ0) is 40.3. The zero-order valence-corrected chi connectivity index (χ0v) is 32.6. The molecule has 3 heterocycles. The Bertz CT molecular complexity index is 3470. The Kier molecular flexibility index (Phi) is 8.03. The molecule has 0 radical (unpaired) electrons. The Hall–Kier alpha value is -8.42. The molecule has 0 bridgehead atoms. The average Bonchev–Trinajstić information content (AvgIpc) is 4.06. The van der Waals surface area contributed by atoms with Gasteiger partial charge >= 0.3 is 0 Å². The fraction of sp³-hybridized carbons (Fsp3) is 0. The highest BCUT2D eigenvalue weighted by molar-refractivity contribution is 6.22. The van der Waals surface area contributed by atoms with Gasteiger partial charge in [0.15, 0.2) is 11.2 Å². The Morgan fingerprint density at radius 1 is 0.344 bits per heavy atom. The summed E-state index contributed by atoms with van der Waals surface area (Å²) in [6.07, 6.45) is 0. The largest absolute Gasteiger partial charge is 0.455 e. The molecule has 3 aromatic heterocycles. The molecule has 0 aliphatic heterocycles. The normalized spacial score (nSPS) is 11.6. The second kappa shape index (κ2) is 14.1. The number of oxazole rings is 2. The van der Waals surface area contributed by atoms with Gasteiger partial charge in [-0.25, -0.2) is 9.97 Å². The van der Waals surface area contributed by atoms with E-state index in [0.717, 1.165) is 100 Å². The van der Waals surface area contributed by atoms with Crippen LogP contribution in [0.5, 0.6) is 0 Å². The monoisotopic (exact) mass is 786 g/mol. The zero-order valence-electron chi connectivity index (χ0n) is 32.6. The molecule has 0 N–H and O–H groups in total. The summed E-state index contributed by atoms with van der Waals surface area (Å²) in [6.45, 7) is 0. The van der Waals surface area contributed by atoms with Crippen molar-refractivity contribution in [2.45, 2.75) is 0 Å². The lowest BCUT2D eigenvalue weighted by Crippen LogP contribution is -2.11. The van der Waals surface area contributed by atoms with E-state index in [2.05, 4.69) is 155 Å². The van der Waals surface area contributed by atoms with Crippen LogP contribution in [0.3, 0.4) is 0 Å². The molecule has 0 amide bonds. The summed E-state index contributed by atoms with van der Waals surface area (Å²) in [6, 6.07) is 70.6. The minimum Gasteiger partial charge on any atom is -0.455 e. The van der Waals surface area contributed by atoms with Gasteiger partial charge in [-0.2, -0.15) is 0 Å². The van der Waals surface area contributed by atoms with Crippen LogP contribution in [0.4, 0.5) is 34.1 Å². The van der Waals surface area contributed by atoms with Crippen LogP contribution < -0.4 is 9.80 Å². The van der Waals surface area contributed by atoms with Crippen molar-refractivity contribution >= 4 is 89.0 Å². The van der Waals surface area contributed by atoms with Gasteiger partial charge in [-0.05, 0) is 127 Å². The molecule has 12 rings (SSSR count). The number of benzene rings is 9. The minimum atomic E-state index is 0.587. The number of furan rings is 1. The quantitative estimate of drug-likeness (QED) is 0.152. The van der Waals surface area contributed by atoms with Crippen LogP contribution >= 0.6 is 0 Å². The summed E-state index contributed by atoms with van der Waals surface area (Å²) in [7, 11) is 0. The summed E-state index contributed by atoms with van der Waals surface area (Å²) in [5.74, 6) is 1.18. The first kappa shape index (κ1) is 34.6. The Morgan fingerprint density at radius 2 is 0.836 bits per heavy atom. The Labute approximate surface area is 350 Å². The van der Waals surface area contributed by atoms with E-state index in [0.29, 0.717) is 11.8 Å². The highest BCUT2D eigenvalue weighted by Crippen LogP contribution is 2.48. The number of para-hydroxylation sites is 6. The van der Waals surface area contributed by atoms with Crippen LogP contribution in [0.15, 0.2) is 220 Å². The van der Waals surface area contributed by atoms with Gasteiger partial charge in [0.2, 0.25) is 11.8 Å². The van der Waals surface area contributed by atoms with Gasteiger partial charge in [-0.3, -0.25) is 0 Å². The topological polar surface area (TPSA) is 71.7 Å². The van der Waals surface area contributed by atoms with Crippen LogP contribution in [0, 0.1) is 0 Å². The first-order valence-electron chi connectivity index (χ1n) is 20.2. The van der Waals surface area contributed by atoms with Gasteiger partial charge in [0, 0.05) is 50.3 Å². The molecule has 0 atom stereocenters. The molecule has 9 aromatic carbocycles. The maximum absolute atomic E-state index is 6.89. The van der Waals surface area contributed by atoms with Crippen molar-refractivity contribution in [2.24, 2.45) is 0 Å². The first-order chi connectivity index (χ1) is 30.2. The number of rotatable bonds is 8. The molecule has 0 aliphatic rings. The number of hydrogen-bond donors (Lipinski definition) is 0. The average molecular weight is 787 g/mol. The maximum atomic E-state index is 6.89. The molecule has 288 valence electrons. The van der Waals surface area contributed by atoms with Crippen molar-refractivity contribution in [3.63, 3.8) is 0 Å². The fourth-order valence-corrected chi connectivity index (χ4v) is 8.42. The van der Waals surface area contributed by atoms with Gasteiger partial charge < -0.3 is 23.1 Å². The lowest BCUT2D eigenvalue weighted by molar-refractivity contribution is 0.619. The maximum Gasteiger partial charge on any atom is 0.227 e. The molecule has 7 heteroatoms. The number of anilines is 6. The summed E-state index contributed by atoms with van der Waals surface area (Å²) >= 11 is 0. The number of nitrogens with zero attached hydrogens (tertiary/aromatic N) is 4. The third kappa shape index (κ3) is 5.98. The lowest BCUT2D eigenvalue weighted by Gasteiger charge is -2.27. The number of hydrogen-bond acceptors (Lipinski definition) is 7. The Balaban J connectivity index is 1.03. The molecule has 0 saturated carbocycles. The molecule has 61 heavy (non-hydrogen) atoms. The van der Waals surface area contributed by atoms with E-state index in [4.69, 9.17) is 23.2 Å². The van der Waals surface area contributed by atoms with Crippen LogP contribution in [-0.4, -0.2) is 9.97 Å². The molecule has 0 saturated heterocycles. The van der Waals surface area contributed by atoms with Crippen molar-refractivity contribution in [1.82, 2.24) is 9.97 Å². The summed E-state index contributed by atoms with van der Waals surface area (Å²) < 4.78 is 19.2. The molecule has 0 fully saturated rings. The molecule has 0 aliphatic carbocycles. The second-order valence-electron chi connectivity index (χ2n) is 15.0. The fourth-order valence-electron chi connectivity index (χ4n) is 8.42. The SMILES string of the molecule is c1ccc(N(c2ccc(-c3nc4ccccc4o3)cc2)c2ccc3oc4c5ccccc5cc(N(c5ccccc5)c5ccc(-c6nc7ccccc7o6)cc5)c4c3c2)cc1. The van der Waals surface area contributed by atoms with E-state index in [1.807, 2.05) is 60.7 Å². The van der Waals surface area contributed by atoms with Gasteiger partial charge in [-0.15, -0.1) is 0 Å². The van der Waals surface area contributed by atoms with E-state index in [-0.39, 0.29) is 0 Å². The van der Waals surface area contributed by atoms with Gasteiger partial charge in [0.25, 0.3) is 0 Å². The molecular formula is C54H34N4O3. The summed E-state index contributed by atoms with van der Waals surface area (Å²) in [4.78, 5) is 14.1. The van der Waals surface area contributed by atoms with Crippen LogP contribution in [-0.2, 0) is 0 Å². The highest BCUT2D eigenvalue weighted by atomic mass is 16.4. The van der Waals surface area contributed by atoms with Crippen molar-refractivity contribution in [2.75, 3.05) is 9.80 Å². The second-order valence-corrected chi connectivity index (χ2v) is 15.0. The van der Waals surface area contributed by atoms with Crippen molar-refractivity contribution in [3.05, 3.63) is 206 Å². The Morgan fingerprint density at radius 3 is 1.44 bits per heavy atom. The van der Waals surface area contributed by atoms with E-state index in [9.17, 15) is 0 Å². The molecule has 7 nitrogen and oxygen atoms in total. The van der Waals surface area contributed by atoms with E-state index in [1.165, 1.54) is 0 Å². The molecule has 0 unspecified atom stereocenters. The summed E-state index contributed by atoms with van der Waals surface area (Å²) in [5.41, 5.74) is 12.7. The van der Waals surface area contributed by atoms with Crippen molar-refractivity contribution < 1.29 is 13.3 Å². The minimum absolute atomic E-state index is 0.587. The number of fused-ring (bicyclic) bond motifs is 7. The van der Waals surface area contributed by atoms with Gasteiger partial charge in [-0.1, -0.05) is 84.9 Å². The van der Waals surface area contributed by atoms with Crippen LogP contribution in [0.1, 0.15) is 0 Å².